The molecular formula is C17H24O2. The van der Waals surface area contributed by atoms with E-state index in [-0.39, 0.29) is 18.3 Å². The topological polar surface area (TPSA) is 29.5 Å². The van der Waals surface area contributed by atoms with Crippen molar-refractivity contribution in [2.24, 2.45) is 0 Å². The molecule has 0 spiro atoms. The molecule has 0 amide bonds. The molecule has 0 saturated carbocycles. The molecule has 19 heavy (non-hydrogen) atoms. The Morgan fingerprint density at radius 1 is 1.26 bits per heavy atom. The smallest absolute Gasteiger partial charge is 0.0843 e. The fraction of sp³-hybridized carbons (Fsp3) is 0.529. The van der Waals surface area contributed by atoms with Gasteiger partial charge in [0.25, 0.3) is 0 Å². The van der Waals surface area contributed by atoms with Crippen LogP contribution in [0, 0.1) is 0 Å². The summed E-state index contributed by atoms with van der Waals surface area (Å²) in [6.45, 7) is 2.19. The van der Waals surface area contributed by atoms with Crippen LogP contribution in [0.5, 0.6) is 0 Å². The van der Waals surface area contributed by atoms with Gasteiger partial charge in [0.1, 0.15) is 0 Å². The number of unbranched alkanes of at least 4 members (excludes halogenated alkanes) is 2. The molecule has 2 heteroatoms. The highest BCUT2D eigenvalue weighted by atomic mass is 16.5. The Morgan fingerprint density at radius 3 is 2.79 bits per heavy atom. The minimum absolute atomic E-state index is 0.0250. The molecule has 1 aromatic carbocycles. The van der Waals surface area contributed by atoms with Crippen LogP contribution in [-0.2, 0) is 4.74 Å². The average Bonchev–Trinajstić information content (AvgIpc) is 2.79. The highest BCUT2D eigenvalue weighted by Crippen LogP contribution is 2.25. The van der Waals surface area contributed by atoms with E-state index in [0.717, 1.165) is 19.3 Å². The standard InChI is InChI=1S/C17H24O2/c1-2-3-5-10-17-16(18)13-15(19-17)12-11-14-8-6-4-7-9-14/h4,6-9,11-12,15-18H,2-3,5,10,13H2,1H3/b12-11+/t15-,16-,17-/m0/s1. The molecule has 2 rings (SSSR count). The van der Waals surface area contributed by atoms with E-state index in [1.54, 1.807) is 0 Å². The maximum atomic E-state index is 10.00. The molecule has 0 aromatic heterocycles. The van der Waals surface area contributed by atoms with Crippen LogP contribution < -0.4 is 0 Å². The Labute approximate surface area is 116 Å². The van der Waals surface area contributed by atoms with Gasteiger partial charge < -0.3 is 9.84 Å². The first-order valence-electron chi connectivity index (χ1n) is 7.36. The summed E-state index contributed by atoms with van der Waals surface area (Å²) in [7, 11) is 0. The molecule has 2 nitrogen and oxygen atoms in total. The monoisotopic (exact) mass is 260 g/mol. The highest BCUT2D eigenvalue weighted by molar-refractivity contribution is 5.49. The minimum atomic E-state index is -0.303. The Kier molecular flexibility index (Phi) is 5.62. The maximum Gasteiger partial charge on any atom is 0.0843 e. The number of hydrogen-bond donors (Lipinski definition) is 1. The summed E-state index contributed by atoms with van der Waals surface area (Å²) in [6.07, 6.45) is 9.20. The van der Waals surface area contributed by atoms with Gasteiger partial charge in [0.05, 0.1) is 18.3 Å². The Balaban J connectivity index is 1.82. The summed E-state index contributed by atoms with van der Waals surface area (Å²) in [4.78, 5) is 0. The molecule has 104 valence electrons. The lowest BCUT2D eigenvalue weighted by molar-refractivity contribution is 0.0180. The second-order valence-electron chi connectivity index (χ2n) is 5.28. The molecule has 0 bridgehead atoms. The van der Waals surface area contributed by atoms with Crippen molar-refractivity contribution in [1.29, 1.82) is 0 Å². The van der Waals surface area contributed by atoms with Crippen LogP contribution in [0.15, 0.2) is 36.4 Å². The molecule has 1 aliphatic heterocycles. The predicted molar refractivity (Wildman–Crippen MR) is 78.9 cm³/mol. The number of benzene rings is 1. The summed E-state index contributed by atoms with van der Waals surface area (Å²) in [5, 5.41) is 10.00. The van der Waals surface area contributed by atoms with Crippen molar-refractivity contribution >= 4 is 6.08 Å². The van der Waals surface area contributed by atoms with Gasteiger partial charge in [0.2, 0.25) is 0 Å². The molecule has 1 N–H and O–H groups in total. The largest absolute Gasteiger partial charge is 0.390 e. The third-order valence-electron chi connectivity index (χ3n) is 3.65. The molecule has 1 fully saturated rings. The quantitative estimate of drug-likeness (QED) is 0.788. The molecule has 0 radical (unpaired) electrons. The van der Waals surface area contributed by atoms with E-state index in [9.17, 15) is 5.11 Å². The maximum absolute atomic E-state index is 10.00. The Hall–Kier alpha value is -1.12. The molecule has 1 aromatic rings. The first kappa shape index (κ1) is 14.3. The van der Waals surface area contributed by atoms with Gasteiger partial charge in [-0.1, -0.05) is 68.7 Å². The SMILES string of the molecule is CCCCC[C@@H]1O[C@@H](/C=C/c2ccccc2)C[C@@H]1O. The van der Waals surface area contributed by atoms with Crippen LogP contribution in [-0.4, -0.2) is 23.4 Å². The lowest BCUT2D eigenvalue weighted by Crippen LogP contribution is -2.20. The summed E-state index contributed by atoms with van der Waals surface area (Å²) in [5.74, 6) is 0. The first-order chi connectivity index (χ1) is 9.29. The van der Waals surface area contributed by atoms with Crippen molar-refractivity contribution in [2.45, 2.75) is 57.3 Å². The highest BCUT2D eigenvalue weighted by Gasteiger charge is 2.31. The summed E-state index contributed by atoms with van der Waals surface area (Å²) in [6, 6.07) is 10.2. The summed E-state index contributed by atoms with van der Waals surface area (Å²) < 4.78 is 5.91. The van der Waals surface area contributed by atoms with Crippen LogP contribution in [0.3, 0.4) is 0 Å². The van der Waals surface area contributed by atoms with E-state index in [1.807, 2.05) is 18.2 Å². The minimum Gasteiger partial charge on any atom is -0.390 e. The second kappa shape index (κ2) is 7.46. The molecule has 1 saturated heterocycles. The van der Waals surface area contributed by atoms with Crippen molar-refractivity contribution < 1.29 is 9.84 Å². The number of ether oxygens (including phenoxy) is 1. The van der Waals surface area contributed by atoms with Crippen molar-refractivity contribution in [3.05, 3.63) is 42.0 Å². The zero-order valence-electron chi connectivity index (χ0n) is 11.7. The molecular weight excluding hydrogens is 236 g/mol. The zero-order chi connectivity index (χ0) is 13.5. The predicted octanol–water partition coefficient (Wildman–Crippen LogP) is 3.80. The van der Waals surface area contributed by atoms with Crippen molar-refractivity contribution in [3.8, 4) is 0 Å². The first-order valence-corrected chi connectivity index (χ1v) is 7.36. The van der Waals surface area contributed by atoms with Crippen LogP contribution in [0.2, 0.25) is 0 Å². The van der Waals surface area contributed by atoms with E-state index in [1.165, 1.54) is 18.4 Å². The summed E-state index contributed by atoms with van der Waals surface area (Å²) >= 11 is 0. The lowest BCUT2D eigenvalue weighted by atomic mass is 10.0. The van der Waals surface area contributed by atoms with Gasteiger partial charge in [-0.15, -0.1) is 0 Å². The average molecular weight is 260 g/mol. The number of aliphatic hydroxyl groups excluding tert-OH is 1. The van der Waals surface area contributed by atoms with E-state index in [2.05, 4.69) is 31.2 Å². The van der Waals surface area contributed by atoms with E-state index in [0.29, 0.717) is 0 Å². The van der Waals surface area contributed by atoms with Crippen LogP contribution in [0.4, 0.5) is 0 Å². The fourth-order valence-electron chi connectivity index (χ4n) is 2.52. The van der Waals surface area contributed by atoms with Crippen LogP contribution >= 0.6 is 0 Å². The van der Waals surface area contributed by atoms with E-state index in [4.69, 9.17) is 4.74 Å². The number of rotatable bonds is 6. The van der Waals surface area contributed by atoms with Gasteiger partial charge in [-0.25, -0.2) is 0 Å². The summed E-state index contributed by atoms with van der Waals surface area (Å²) in [5.41, 5.74) is 1.18. The molecule has 1 aliphatic rings. The van der Waals surface area contributed by atoms with Crippen molar-refractivity contribution in [3.63, 3.8) is 0 Å². The van der Waals surface area contributed by atoms with Gasteiger partial charge >= 0.3 is 0 Å². The van der Waals surface area contributed by atoms with E-state index < -0.39 is 0 Å². The third kappa shape index (κ3) is 4.48. The van der Waals surface area contributed by atoms with Gasteiger partial charge in [0.15, 0.2) is 0 Å². The lowest BCUT2D eigenvalue weighted by Gasteiger charge is -2.13. The van der Waals surface area contributed by atoms with Gasteiger partial charge in [0, 0.05) is 6.42 Å². The normalized spacial score (nSPS) is 27.2. The molecule has 0 aliphatic carbocycles. The molecule has 1 heterocycles. The van der Waals surface area contributed by atoms with Gasteiger partial charge in [-0.2, -0.15) is 0 Å². The second-order valence-corrected chi connectivity index (χ2v) is 5.28. The fourth-order valence-corrected chi connectivity index (χ4v) is 2.52. The van der Waals surface area contributed by atoms with Gasteiger partial charge in [-0.05, 0) is 12.0 Å². The Bertz CT molecular complexity index is 386. The van der Waals surface area contributed by atoms with Crippen LogP contribution in [0.1, 0.15) is 44.6 Å². The zero-order valence-corrected chi connectivity index (χ0v) is 11.7. The molecule has 0 unspecified atom stereocenters. The van der Waals surface area contributed by atoms with Gasteiger partial charge in [-0.3, -0.25) is 0 Å². The van der Waals surface area contributed by atoms with Crippen molar-refractivity contribution in [1.82, 2.24) is 0 Å². The number of hydrogen-bond acceptors (Lipinski definition) is 2. The Morgan fingerprint density at radius 2 is 2.05 bits per heavy atom. The number of aliphatic hydroxyl groups is 1. The van der Waals surface area contributed by atoms with Crippen molar-refractivity contribution in [2.75, 3.05) is 0 Å². The third-order valence-corrected chi connectivity index (χ3v) is 3.65. The molecule has 3 atom stereocenters. The van der Waals surface area contributed by atoms with E-state index >= 15 is 0 Å². The van der Waals surface area contributed by atoms with Crippen LogP contribution in [0.25, 0.3) is 6.08 Å².